The number of benzene rings is 1. The average Bonchev–Trinajstić information content (AvgIpc) is 2.36. The van der Waals surface area contributed by atoms with E-state index >= 15 is 0 Å². The number of hydrogen-bond donors (Lipinski definition) is 1. The van der Waals surface area contributed by atoms with Crippen molar-refractivity contribution in [2.75, 3.05) is 13.7 Å². The number of methoxy groups -OCH3 is 1. The van der Waals surface area contributed by atoms with Crippen LogP contribution in [0.3, 0.4) is 0 Å². The second kappa shape index (κ2) is 6.07. The first-order valence-corrected chi connectivity index (χ1v) is 5.43. The molecule has 0 bridgehead atoms. The highest BCUT2D eigenvalue weighted by Gasteiger charge is 2.33. The summed E-state index contributed by atoms with van der Waals surface area (Å²) in [4.78, 5) is 11.8. The maximum Gasteiger partial charge on any atom is 0.326 e. The Balaban J connectivity index is 2.84. The summed E-state index contributed by atoms with van der Waals surface area (Å²) in [7, 11) is 1.38. The molecule has 0 radical (unpaired) electrons. The molecule has 0 aliphatic rings. The van der Waals surface area contributed by atoms with Gasteiger partial charge in [0.1, 0.15) is 5.54 Å². The summed E-state index contributed by atoms with van der Waals surface area (Å²) < 4.78 is 4.81. The van der Waals surface area contributed by atoms with Gasteiger partial charge in [0.15, 0.2) is 0 Å². The molecule has 0 heterocycles. The van der Waals surface area contributed by atoms with E-state index in [0.717, 1.165) is 5.56 Å². The number of terminal acetylenes is 1. The summed E-state index contributed by atoms with van der Waals surface area (Å²) in [6.07, 6.45) is 5.75. The summed E-state index contributed by atoms with van der Waals surface area (Å²) in [5.41, 5.74) is 0.271. The molecule has 3 nitrogen and oxygen atoms in total. The van der Waals surface area contributed by atoms with Crippen LogP contribution in [0.15, 0.2) is 30.3 Å². The zero-order valence-corrected chi connectivity index (χ0v) is 10.2. The minimum absolute atomic E-state index is 0.309. The highest BCUT2D eigenvalue weighted by Crippen LogP contribution is 2.14. The fourth-order valence-corrected chi connectivity index (χ4v) is 1.68. The summed E-state index contributed by atoms with van der Waals surface area (Å²) >= 11 is 0. The van der Waals surface area contributed by atoms with Crippen molar-refractivity contribution in [1.82, 2.24) is 5.32 Å². The topological polar surface area (TPSA) is 38.3 Å². The average molecular weight is 231 g/mol. The SMILES string of the molecule is C#CCNC(C)(Cc1ccccc1)C(=O)OC. The molecule has 1 aromatic carbocycles. The summed E-state index contributed by atoms with van der Waals surface area (Å²) in [5.74, 6) is 2.16. The van der Waals surface area contributed by atoms with Gasteiger partial charge in [0.25, 0.3) is 0 Å². The van der Waals surface area contributed by atoms with Crippen LogP contribution in [0, 0.1) is 12.3 Å². The standard InChI is InChI=1S/C14H17NO2/c1-4-10-15-14(2,13(16)17-3)11-12-8-6-5-7-9-12/h1,5-9,15H,10-11H2,2-3H3. The van der Waals surface area contributed by atoms with E-state index in [1.165, 1.54) is 7.11 Å². The van der Waals surface area contributed by atoms with Crippen LogP contribution in [0.1, 0.15) is 12.5 Å². The van der Waals surface area contributed by atoms with Crippen molar-refractivity contribution in [2.45, 2.75) is 18.9 Å². The number of carbonyl (C=O) groups is 1. The lowest BCUT2D eigenvalue weighted by Crippen LogP contribution is -2.52. The third kappa shape index (κ3) is 3.61. The van der Waals surface area contributed by atoms with Gasteiger partial charge in [-0.3, -0.25) is 10.1 Å². The molecule has 0 amide bonds. The van der Waals surface area contributed by atoms with Crippen LogP contribution >= 0.6 is 0 Å². The number of nitrogens with one attached hydrogen (secondary N) is 1. The zero-order chi connectivity index (χ0) is 12.7. The fourth-order valence-electron chi connectivity index (χ4n) is 1.68. The molecular formula is C14H17NO2. The van der Waals surface area contributed by atoms with Gasteiger partial charge in [0.2, 0.25) is 0 Å². The minimum Gasteiger partial charge on any atom is -0.468 e. The summed E-state index contributed by atoms with van der Waals surface area (Å²) in [6.45, 7) is 2.13. The molecular weight excluding hydrogens is 214 g/mol. The lowest BCUT2D eigenvalue weighted by Gasteiger charge is -2.27. The second-order valence-corrected chi connectivity index (χ2v) is 4.04. The van der Waals surface area contributed by atoms with Gasteiger partial charge in [-0.2, -0.15) is 0 Å². The molecule has 0 fully saturated rings. The van der Waals surface area contributed by atoms with Crippen LogP contribution in [0.4, 0.5) is 0 Å². The van der Waals surface area contributed by atoms with Crippen LogP contribution in [0.5, 0.6) is 0 Å². The third-order valence-electron chi connectivity index (χ3n) is 2.62. The molecule has 0 spiro atoms. The van der Waals surface area contributed by atoms with Gasteiger partial charge in [0, 0.05) is 6.42 Å². The molecule has 1 unspecified atom stereocenters. The summed E-state index contributed by atoms with van der Waals surface area (Å²) in [6, 6.07) is 9.76. The molecule has 0 saturated carbocycles. The van der Waals surface area contributed by atoms with Crippen LogP contribution in [0.2, 0.25) is 0 Å². The van der Waals surface area contributed by atoms with Crippen molar-refractivity contribution >= 4 is 5.97 Å². The van der Waals surface area contributed by atoms with Gasteiger partial charge < -0.3 is 4.74 Å². The molecule has 1 N–H and O–H groups in total. The molecule has 90 valence electrons. The number of esters is 1. The van der Waals surface area contributed by atoms with E-state index in [0.29, 0.717) is 13.0 Å². The van der Waals surface area contributed by atoms with E-state index in [2.05, 4.69) is 11.2 Å². The lowest BCUT2D eigenvalue weighted by atomic mass is 9.93. The lowest BCUT2D eigenvalue weighted by molar-refractivity contribution is -0.147. The maximum absolute atomic E-state index is 11.8. The third-order valence-corrected chi connectivity index (χ3v) is 2.62. The molecule has 0 saturated heterocycles. The van der Waals surface area contributed by atoms with Gasteiger partial charge in [-0.15, -0.1) is 6.42 Å². The molecule has 3 heteroatoms. The first kappa shape index (κ1) is 13.3. The Morgan fingerprint density at radius 1 is 1.47 bits per heavy atom. The number of ether oxygens (including phenoxy) is 1. The summed E-state index contributed by atoms with van der Waals surface area (Å²) in [5, 5.41) is 3.03. The van der Waals surface area contributed by atoms with Crippen LogP contribution in [-0.4, -0.2) is 25.2 Å². The largest absolute Gasteiger partial charge is 0.468 e. The zero-order valence-electron chi connectivity index (χ0n) is 10.2. The van der Waals surface area contributed by atoms with Crippen molar-refractivity contribution in [3.8, 4) is 12.3 Å². The van der Waals surface area contributed by atoms with E-state index < -0.39 is 5.54 Å². The monoisotopic (exact) mass is 231 g/mol. The van der Waals surface area contributed by atoms with Crippen molar-refractivity contribution in [3.63, 3.8) is 0 Å². The smallest absolute Gasteiger partial charge is 0.326 e. The highest BCUT2D eigenvalue weighted by atomic mass is 16.5. The number of hydrogen-bond acceptors (Lipinski definition) is 3. The quantitative estimate of drug-likeness (QED) is 0.614. The first-order chi connectivity index (χ1) is 8.12. The Hall–Kier alpha value is -1.79. The van der Waals surface area contributed by atoms with Gasteiger partial charge in [0.05, 0.1) is 13.7 Å². The van der Waals surface area contributed by atoms with Crippen molar-refractivity contribution in [1.29, 1.82) is 0 Å². The van der Waals surface area contributed by atoms with Gasteiger partial charge in [-0.1, -0.05) is 36.3 Å². The molecule has 0 aliphatic carbocycles. The highest BCUT2D eigenvalue weighted by molar-refractivity contribution is 5.80. The Morgan fingerprint density at radius 3 is 2.65 bits per heavy atom. The Kier molecular flexibility index (Phi) is 4.74. The Bertz CT molecular complexity index is 408. The van der Waals surface area contributed by atoms with E-state index in [1.54, 1.807) is 6.92 Å². The van der Waals surface area contributed by atoms with E-state index in [9.17, 15) is 4.79 Å². The molecule has 1 atom stereocenters. The maximum atomic E-state index is 11.8. The second-order valence-electron chi connectivity index (χ2n) is 4.04. The van der Waals surface area contributed by atoms with E-state index in [4.69, 9.17) is 11.2 Å². The number of carbonyl (C=O) groups excluding carboxylic acids is 1. The first-order valence-electron chi connectivity index (χ1n) is 5.43. The Morgan fingerprint density at radius 2 is 2.12 bits per heavy atom. The molecule has 0 aliphatic heterocycles. The normalized spacial score (nSPS) is 13.5. The van der Waals surface area contributed by atoms with E-state index in [-0.39, 0.29) is 5.97 Å². The minimum atomic E-state index is -0.789. The van der Waals surface area contributed by atoms with Crippen molar-refractivity contribution in [2.24, 2.45) is 0 Å². The van der Waals surface area contributed by atoms with Gasteiger partial charge >= 0.3 is 5.97 Å². The predicted molar refractivity (Wildman–Crippen MR) is 67.4 cm³/mol. The van der Waals surface area contributed by atoms with Crippen LogP contribution in [0.25, 0.3) is 0 Å². The molecule has 17 heavy (non-hydrogen) atoms. The van der Waals surface area contributed by atoms with Crippen molar-refractivity contribution in [3.05, 3.63) is 35.9 Å². The molecule has 1 rings (SSSR count). The van der Waals surface area contributed by atoms with Gasteiger partial charge in [-0.25, -0.2) is 0 Å². The molecule has 1 aromatic rings. The van der Waals surface area contributed by atoms with Crippen LogP contribution < -0.4 is 5.32 Å². The fraction of sp³-hybridized carbons (Fsp3) is 0.357. The number of rotatable bonds is 5. The van der Waals surface area contributed by atoms with Gasteiger partial charge in [-0.05, 0) is 12.5 Å². The predicted octanol–water partition coefficient (Wildman–Crippen LogP) is 1.38. The molecule has 0 aromatic heterocycles. The Labute approximate surface area is 102 Å². The van der Waals surface area contributed by atoms with Crippen molar-refractivity contribution < 1.29 is 9.53 Å². The van der Waals surface area contributed by atoms with E-state index in [1.807, 2.05) is 30.3 Å². The van der Waals surface area contributed by atoms with Crippen LogP contribution in [-0.2, 0) is 16.0 Å².